The van der Waals surface area contributed by atoms with Crippen LogP contribution in [0.2, 0.25) is 0 Å². The average Bonchev–Trinajstić information content (AvgIpc) is 2.77. The lowest BCUT2D eigenvalue weighted by Gasteiger charge is -2.15. The van der Waals surface area contributed by atoms with Gasteiger partial charge in [0, 0.05) is 10.4 Å². The van der Waals surface area contributed by atoms with Gasteiger partial charge in [-0.2, -0.15) is 0 Å². The van der Waals surface area contributed by atoms with E-state index in [2.05, 4.69) is 0 Å². The third-order valence-corrected chi connectivity index (χ3v) is 3.50. The summed E-state index contributed by atoms with van der Waals surface area (Å²) in [5, 5.41) is 11.6. The van der Waals surface area contributed by atoms with Gasteiger partial charge in [0.05, 0.1) is 6.04 Å². The molecular weight excluding hydrogens is 225 g/mol. The zero-order chi connectivity index (χ0) is 11.7. The van der Waals surface area contributed by atoms with Crippen molar-refractivity contribution in [3.8, 4) is 5.75 Å². The van der Waals surface area contributed by atoms with Crippen LogP contribution in [0, 0.1) is 12.7 Å². The van der Waals surface area contributed by atoms with Crippen molar-refractivity contribution in [2.75, 3.05) is 0 Å². The molecule has 0 saturated carbocycles. The van der Waals surface area contributed by atoms with Gasteiger partial charge in [0.1, 0.15) is 0 Å². The van der Waals surface area contributed by atoms with Crippen LogP contribution >= 0.6 is 11.3 Å². The Kier molecular flexibility index (Phi) is 2.94. The molecule has 4 heteroatoms. The lowest BCUT2D eigenvalue weighted by atomic mass is 9.99. The summed E-state index contributed by atoms with van der Waals surface area (Å²) in [4.78, 5) is 0.906. The predicted octanol–water partition coefficient (Wildman–Crippen LogP) is 2.95. The third kappa shape index (κ3) is 1.81. The maximum atomic E-state index is 13.3. The number of phenolic OH excluding ortho intramolecular Hbond substituents is 1. The first kappa shape index (κ1) is 11.1. The molecule has 0 aliphatic rings. The fourth-order valence-electron chi connectivity index (χ4n) is 1.69. The molecule has 0 radical (unpaired) electrons. The summed E-state index contributed by atoms with van der Waals surface area (Å²) in [6.07, 6.45) is 0. The van der Waals surface area contributed by atoms with Crippen molar-refractivity contribution < 1.29 is 9.50 Å². The molecule has 16 heavy (non-hydrogen) atoms. The minimum atomic E-state index is -0.632. The molecule has 2 nitrogen and oxygen atoms in total. The highest BCUT2D eigenvalue weighted by molar-refractivity contribution is 7.10. The van der Waals surface area contributed by atoms with Crippen LogP contribution < -0.4 is 5.73 Å². The monoisotopic (exact) mass is 237 g/mol. The van der Waals surface area contributed by atoms with Crippen molar-refractivity contribution in [3.05, 3.63) is 51.5 Å². The molecule has 1 aromatic carbocycles. The highest BCUT2D eigenvalue weighted by Gasteiger charge is 2.19. The molecule has 2 rings (SSSR count). The Bertz CT molecular complexity index is 496. The molecule has 0 amide bonds. The molecule has 1 atom stereocenters. The SMILES string of the molecule is Cc1ccc(F)c(O)c1[C@H](N)c1cccs1. The van der Waals surface area contributed by atoms with E-state index in [9.17, 15) is 9.50 Å². The molecule has 0 fully saturated rings. The molecule has 84 valence electrons. The Morgan fingerprint density at radius 2 is 2.12 bits per heavy atom. The molecule has 0 spiro atoms. The minimum Gasteiger partial charge on any atom is -0.505 e. The van der Waals surface area contributed by atoms with Gasteiger partial charge in [0.15, 0.2) is 11.6 Å². The maximum absolute atomic E-state index is 13.3. The first-order valence-corrected chi connectivity index (χ1v) is 5.76. The van der Waals surface area contributed by atoms with Crippen LogP contribution in [0.1, 0.15) is 22.0 Å². The van der Waals surface area contributed by atoms with Gasteiger partial charge in [-0.3, -0.25) is 0 Å². The quantitative estimate of drug-likeness (QED) is 0.843. The van der Waals surface area contributed by atoms with Gasteiger partial charge in [-0.25, -0.2) is 4.39 Å². The van der Waals surface area contributed by atoms with Gasteiger partial charge >= 0.3 is 0 Å². The summed E-state index contributed by atoms with van der Waals surface area (Å²) in [6.45, 7) is 1.81. The number of phenols is 1. The summed E-state index contributed by atoms with van der Waals surface area (Å²) in [7, 11) is 0. The number of rotatable bonds is 2. The van der Waals surface area contributed by atoms with Gasteiger partial charge < -0.3 is 10.8 Å². The lowest BCUT2D eigenvalue weighted by molar-refractivity contribution is 0.423. The molecular formula is C12H12FNOS. The van der Waals surface area contributed by atoms with E-state index in [0.717, 1.165) is 10.4 Å². The second-order valence-corrected chi connectivity index (χ2v) is 4.60. The smallest absolute Gasteiger partial charge is 0.165 e. The normalized spacial score (nSPS) is 12.7. The van der Waals surface area contributed by atoms with E-state index in [1.54, 1.807) is 6.07 Å². The standard InChI is InChI=1S/C12H12FNOS/c1-7-4-5-8(13)12(15)10(7)11(14)9-3-2-6-16-9/h2-6,11,15H,14H2,1H3/t11-/m1/s1. The van der Waals surface area contributed by atoms with Crippen molar-refractivity contribution in [1.82, 2.24) is 0 Å². The number of thiophene rings is 1. The van der Waals surface area contributed by atoms with Crippen molar-refractivity contribution in [2.45, 2.75) is 13.0 Å². The second kappa shape index (κ2) is 4.23. The van der Waals surface area contributed by atoms with Crippen LogP contribution in [0.15, 0.2) is 29.6 Å². The largest absolute Gasteiger partial charge is 0.505 e. The topological polar surface area (TPSA) is 46.2 Å². The molecule has 0 aliphatic heterocycles. The molecule has 1 heterocycles. The van der Waals surface area contributed by atoms with E-state index >= 15 is 0 Å². The Labute approximate surface area is 97.2 Å². The summed E-state index contributed by atoms with van der Waals surface area (Å²) >= 11 is 1.49. The molecule has 3 N–H and O–H groups in total. The Morgan fingerprint density at radius 1 is 1.38 bits per heavy atom. The first-order valence-electron chi connectivity index (χ1n) is 4.88. The van der Waals surface area contributed by atoms with Crippen LogP contribution in [-0.4, -0.2) is 5.11 Å². The Morgan fingerprint density at radius 3 is 2.75 bits per heavy atom. The van der Waals surface area contributed by atoms with Gasteiger partial charge in [-0.15, -0.1) is 11.3 Å². The summed E-state index contributed by atoms with van der Waals surface area (Å²) in [6, 6.07) is 6.15. The van der Waals surface area contributed by atoms with Crippen molar-refractivity contribution in [1.29, 1.82) is 0 Å². The minimum absolute atomic E-state index is 0.346. The predicted molar refractivity (Wildman–Crippen MR) is 63.2 cm³/mol. The van der Waals surface area contributed by atoms with Gasteiger partial charge in [0.2, 0.25) is 0 Å². The molecule has 2 aromatic rings. The Hall–Kier alpha value is -1.39. The van der Waals surface area contributed by atoms with E-state index in [4.69, 9.17) is 5.73 Å². The van der Waals surface area contributed by atoms with Crippen LogP contribution in [0.5, 0.6) is 5.75 Å². The number of nitrogens with two attached hydrogens (primary N) is 1. The summed E-state index contributed by atoms with van der Waals surface area (Å²) in [5.74, 6) is -0.978. The Balaban J connectivity index is 2.52. The number of benzene rings is 1. The van der Waals surface area contributed by atoms with Gasteiger partial charge in [-0.1, -0.05) is 12.1 Å². The van der Waals surface area contributed by atoms with Gasteiger partial charge in [-0.05, 0) is 30.0 Å². The zero-order valence-corrected chi connectivity index (χ0v) is 9.59. The third-order valence-electron chi connectivity index (χ3n) is 2.55. The van der Waals surface area contributed by atoms with E-state index in [0.29, 0.717) is 5.56 Å². The molecule has 0 saturated heterocycles. The van der Waals surface area contributed by atoms with E-state index in [-0.39, 0.29) is 5.75 Å². The maximum Gasteiger partial charge on any atom is 0.165 e. The highest BCUT2D eigenvalue weighted by atomic mass is 32.1. The second-order valence-electron chi connectivity index (χ2n) is 3.62. The van der Waals surface area contributed by atoms with Gasteiger partial charge in [0.25, 0.3) is 0 Å². The van der Waals surface area contributed by atoms with Crippen molar-refractivity contribution >= 4 is 11.3 Å². The zero-order valence-electron chi connectivity index (χ0n) is 8.77. The van der Waals surface area contributed by atoms with E-state index < -0.39 is 11.9 Å². The lowest BCUT2D eigenvalue weighted by Crippen LogP contribution is -2.12. The highest BCUT2D eigenvalue weighted by Crippen LogP contribution is 2.33. The van der Waals surface area contributed by atoms with E-state index in [1.165, 1.54) is 17.4 Å². The van der Waals surface area contributed by atoms with E-state index in [1.807, 2.05) is 24.4 Å². The van der Waals surface area contributed by atoms with Crippen LogP contribution in [0.3, 0.4) is 0 Å². The van der Waals surface area contributed by atoms with Crippen molar-refractivity contribution in [2.24, 2.45) is 5.73 Å². The number of hydrogen-bond acceptors (Lipinski definition) is 3. The van der Waals surface area contributed by atoms with Crippen LogP contribution in [0.25, 0.3) is 0 Å². The number of aryl methyl sites for hydroxylation is 1. The fraction of sp³-hybridized carbons (Fsp3) is 0.167. The first-order chi connectivity index (χ1) is 7.61. The van der Waals surface area contributed by atoms with Crippen LogP contribution in [-0.2, 0) is 0 Å². The summed E-state index contributed by atoms with van der Waals surface area (Å²) < 4.78 is 13.3. The van der Waals surface area contributed by atoms with Crippen LogP contribution in [0.4, 0.5) is 4.39 Å². The number of halogens is 1. The van der Waals surface area contributed by atoms with Crippen molar-refractivity contribution in [3.63, 3.8) is 0 Å². The molecule has 0 aliphatic carbocycles. The summed E-state index contributed by atoms with van der Waals surface area (Å²) in [5.41, 5.74) is 7.27. The fourth-order valence-corrected chi connectivity index (χ4v) is 2.42. The number of hydrogen-bond donors (Lipinski definition) is 2. The molecule has 0 bridgehead atoms. The number of aromatic hydroxyl groups is 1. The average molecular weight is 237 g/mol. The molecule has 1 aromatic heterocycles. The molecule has 0 unspecified atom stereocenters.